The van der Waals surface area contributed by atoms with Gasteiger partial charge in [0, 0.05) is 29.2 Å². The average Bonchev–Trinajstić information content (AvgIpc) is 3.22. The zero-order chi connectivity index (χ0) is 22.4. The van der Waals surface area contributed by atoms with Crippen LogP contribution in [0.4, 0.5) is 5.69 Å². The van der Waals surface area contributed by atoms with Gasteiger partial charge in [-0.3, -0.25) is 14.4 Å². The second-order valence-corrected chi connectivity index (χ2v) is 10.3. The van der Waals surface area contributed by atoms with E-state index in [9.17, 15) is 22.8 Å². The zero-order valence-corrected chi connectivity index (χ0v) is 18.3. The summed E-state index contributed by atoms with van der Waals surface area (Å²) in [7, 11) is -3.54. The van der Waals surface area contributed by atoms with Gasteiger partial charge in [-0.05, 0) is 49.2 Å². The summed E-state index contributed by atoms with van der Waals surface area (Å²) in [6.07, 6.45) is 2.60. The van der Waals surface area contributed by atoms with Gasteiger partial charge in [-0.25, -0.2) is 8.42 Å². The van der Waals surface area contributed by atoms with E-state index in [1.54, 1.807) is 6.07 Å². The molecule has 1 aliphatic heterocycles. The summed E-state index contributed by atoms with van der Waals surface area (Å²) in [6.45, 7) is 0.538. The summed E-state index contributed by atoms with van der Waals surface area (Å²) in [5, 5.41) is 2.54. The first-order chi connectivity index (χ1) is 14.8. The number of sulfonamides is 1. The van der Waals surface area contributed by atoms with E-state index >= 15 is 0 Å². The first kappa shape index (κ1) is 22.9. The van der Waals surface area contributed by atoms with Crippen LogP contribution in [0, 0.1) is 0 Å². The van der Waals surface area contributed by atoms with Gasteiger partial charge in [-0.15, -0.1) is 11.3 Å². The van der Waals surface area contributed by atoms with Crippen LogP contribution in [0.15, 0.2) is 40.6 Å². The fourth-order valence-electron chi connectivity index (χ4n) is 3.08. The van der Waals surface area contributed by atoms with Crippen LogP contribution in [-0.2, 0) is 30.8 Å². The van der Waals surface area contributed by atoms with Gasteiger partial charge >= 0.3 is 5.97 Å². The Morgan fingerprint density at radius 2 is 1.71 bits per heavy atom. The fraction of sp³-hybridized carbons (Fsp3) is 0.350. The molecule has 1 aromatic carbocycles. The van der Waals surface area contributed by atoms with Crippen LogP contribution in [0.1, 0.15) is 34.5 Å². The molecular weight excluding hydrogens is 442 g/mol. The molecule has 0 unspecified atom stereocenters. The number of anilines is 1. The molecule has 2 heterocycles. The normalized spacial score (nSPS) is 14.7. The first-order valence-corrected chi connectivity index (χ1v) is 12.0. The van der Waals surface area contributed by atoms with E-state index in [1.807, 2.05) is 0 Å². The zero-order valence-electron chi connectivity index (χ0n) is 16.7. The van der Waals surface area contributed by atoms with E-state index in [1.165, 1.54) is 34.6 Å². The third-order valence-corrected chi connectivity index (χ3v) is 8.13. The molecule has 0 saturated carbocycles. The lowest BCUT2D eigenvalue weighted by Gasteiger charge is -2.25. The summed E-state index contributed by atoms with van der Waals surface area (Å²) in [5.41, 5.74) is 5.89. The Balaban J connectivity index is 1.48. The van der Waals surface area contributed by atoms with Crippen LogP contribution in [0.2, 0.25) is 0 Å². The number of carbonyl (C=O) groups is 3. The molecule has 0 radical (unpaired) electrons. The highest BCUT2D eigenvalue weighted by atomic mass is 32.2. The van der Waals surface area contributed by atoms with Crippen LogP contribution in [0.25, 0.3) is 0 Å². The van der Waals surface area contributed by atoms with Gasteiger partial charge in [0.2, 0.25) is 5.91 Å². The number of nitrogens with two attached hydrogens (primary N) is 1. The highest BCUT2D eigenvalue weighted by Gasteiger charge is 2.27. The number of esters is 1. The molecule has 1 aromatic heterocycles. The van der Waals surface area contributed by atoms with Gasteiger partial charge in [-0.2, -0.15) is 4.31 Å². The maximum absolute atomic E-state index is 12.7. The summed E-state index contributed by atoms with van der Waals surface area (Å²) < 4.78 is 32.0. The van der Waals surface area contributed by atoms with E-state index in [0.717, 1.165) is 30.6 Å². The quantitative estimate of drug-likeness (QED) is 0.570. The molecule has 166 valence electrons. The Hall–Kier alpha value is -2.76. The number of carbonyl (C=O) groups excluding carboxylic acids is 3. The van der Waals surface area contributed by atoms with E-state index < -0.39 is 34.4 Å². The molecular formula is C20H23N3O6S2. The Bertz CT molecular complexity index is 1060. The lowest BCUT2D eigenvalue weighted by atomic mass is 10.2. The molecule has 9 nitrogen and oxygen atoms in total. The van der Waals surface area contributed by atoms with Crippen molar-refractivity contribution < 1.29 is 27.5 Å². The van der Waals surface area contributed by atoms with E-state index in [2.05, 4.69) is 5.32 Å². The lowest BCUT2D eigenvalue weighted by molar-refractivity contribution is -0.146. The molecule has 2 amide bonds. The molecule has 2 aromatic rings. The van der Waals surface area contributed by atoms with E-state index in [4.69, 9.17) is 10.5 Å². The topological polar surface area (TPSA) is 136 Å². The predicted molar refractivity (Wildman–Crippen MR) is 115 cm³/mol. The maximum Gasteiger partial charge on any atom is 0.311 e. The number of ether oxygens (including phenoxy) is 1. The Kier molecular flexibility index (Phi) is 7.42. The largest absolute Gasteiger partial charge is 0.455 e. The van der Waals surface area contributed by atoms with Crippen molar-refractivity contribution >= 4 is 44.8 Å². The minimum Gasteiger partial charge on any atom is -0.455 e. The molecule has 31 heavy (non-hydrogen) atoms. The number of hydrogen-bond donors (Lipinski definition) is 2. The Morgan fingerprint density at radius 3 is 2.35 bits per heavy atom. The van der Waals surface area contributed by atoms with Crippen molar-refractivity contribution in [1.82, 2.24) is 4.31 Å². The van der Waals surface area contributed by atoms with Gasteiger partial charge in [0.25, 0.3) is 15.9 Å². The number of rotatable bonds is 8. The summed E-state index contributed by atoms with van der Waals surface area (Å²) in [6, 6.07) is 9.04. The molecule has 1 aliphatic rings. The molecule has 3 rings (SSSR count). The summed E-state index contributed by atoms with van der Waals surface area (Å²) in [5.74, 6) is -1.75. The predicted octanol–water partition coefficient (Wildman–Crippen LogP) is 1.75. The number of hydrogen-bond acceptors (Lipinski definition) is 7. The summed E-state index contributed by atoms with van der Waals surface area (Å²) in [4.78, 5) is 35.6. The van der Waals surface area contributed by atoms with Crippen molar-refractivity contribution in [2.45, 2.75) is 29.9 Å². The van der Waals surface area contributed by atoms with Crippen molar-refractivity contribution in [2.75, 3.05) is 25.0 Å². The van der Waals surface area contributed by atoms with Gasteiger partial charge in [0.1, 0.15) is 4.21 Å². The van der Waals surface area contributed by atoms with Crippen LogP contribution >= 0.6 is 11.3 Å². The molecule has 3 N–H and O–H groups in total. The van der Waals surface area contributed by atoms with E-state index in [0.29, 0.717) is 29.2 Å². The van der Waals surface area contributed by atoms with Crippen LogP contribution < -0.4 is 11.1 Å². The van der Waals surface area contributed by atoms with Crippen molar-refractivity contribution in [3.63, 3.8) is 0 Å². The van der Waals surface area contributed by atoms with Crippen LogP contribution in [-0.4, -0.2) is 50.2 Å². The van der Waals surface area contributed by atoms with Crippen LogP contribution in [0.3, 0.4) is 0 Å². The van der Waals surface area contributed by atoms with Gasteiger partial charge in [0.15, 0.2) is 6.61 Å². The summed E-state index contributed by atoms with van der Waals surface area (Å²) >= 11 is 1.03. The number of piperidine rings is 1. The van der Waals surface area contributed by atoms with Gasteiger partial charge in [0.05, 0.1) is 6.42 Å². The van der Waals surface area contributed by atoms with Gasteiger partial charge in [-0.1, -0.05) is 6.42 Å². The lowest BCUT2D eigenvalue weighted by Crippen LogP contribution is -2.35. The third-order valence-electron chi connectivity index (χ3n) is 4.68. The number of amides is 2. The van der Waals surface area contributed by atoms with Crippen molar-refractivity contribution in [3.8, 4) is 0 Å². The number of thiophene rings is 1. The molecule has 0 spiro atoms. The molecule has 1 fully saturated rings. The maximum atomic E-state index is 12.7. The number of primary amides is 1. The standard InChI is InChI=1S/C20H23N3O6S2/c21-20(26)14-4-6-15(7-5-14)22-17(24)13-29-18(25)12-16-8-9-19(30-16)31(27,28)23-10-2-1-3-11-23/h4-9H,1-3,10-13H2,(H2,21,26)(H,22,24). The van der Waals surface area contributed by atoms with Crippen molar-refractivity contribution in [1.29, 1.82) is 0 Å². The van der Waals surface area contributed by atoms with Crippen LogP contribution in [0.5, 0.6) is 0 Å². The third kappa shape index (κ3) is 6.12. The second kappa shape index (κ2) is 10.0. The highest BCUT2D eigenvalue weighted by molar-refractivity contribution is 7.91. The fourth-order valence-corrected chi connectivity index (χ4v) is 6.09. The minimum atomic E-state index is -3.54. The molecule has 1 saturated heterocycles. The number of nitrogens with one attached hydrogen (secondary N) is 1. The monoisotopic (exact) mass is 465 g/mol. The van der Waals surface area contributed by atoms with Crippen molar-refractivity contribution in [2.24, 2.45) is 5.73 Å². The number of benzene rings is 1. The molecule has 0 atom stereocenters. The Labute approximate surface area is 184 Å². The van der Waals surface area contributed by atoms with Gasteiger partial charge < -0.3 is 15.8 Å². The highest BCUT2D eigenvalue weighted by Crippen LogP contribution is 2.27. The SMILES string of the molecule is NC(=O)c1ccc(NC(=O)COC(=O)Cc2ccc(S(=O)(=O)N3CCCCC3)s2)cc1. The average molecular weight is 466 g/mol. The van der Waals surface area contributed by atoms with Crippen molar-refractivity contribution in [3.05, 3.63) is 46.8 Å². The molecule has 0 bridgehead atoms. The van der Waals surface area contributed by atoms with E-state index in [-0.39, 0.29) is 10.6 Å². The molecule has 0 aliphatic carbocycles. The second-order valence-electron chi connectivity index (χ2n) is 7.01. The number of nitrogens with zero attached hydrogens (tertiary/aromatic N) is 1. The molecule has 11 heteroatoms. The first-order valence-electron chi connectivity index (χ1n) is 9.70. The smallest absolute Gasteiger partial charge is 0.311 e. The minimum absolute atomic E-state index is 0.124. The Morgan fingerprint density at radius 1 is 1.03 bits per heavy atom.